The van der Waals surface area contributed by atoms with Gasteiger partial charge in [0.1, 0.15) is 18.0 Å². The summed E-state index contributed by atoms with van der Waals surface area (Å²) >= 11 is 0. The van der Waals surface area contributed by atoms with Crippen LogP contribution in [0.2, 0.25) is 0 Å². The van der Waals surface area contributed by atoms with E-state index in [1.54, 1.807) is 10.6 Å². The van der Waals surface area contributed by atoms with E-state index >= 15 is 4.39 Å². The summed E-state index contributed by atoms with van der Waals surface area (Å²) in [6, 6.07) is 5.71. The molecule has 2 aliphatic rings. The maximum atomic E-state index is 15.3. The van der Waals surface area contributed by atoms with Crippen molar-refractivity contribution in [2.75, 3.05) is 32.3 Å². The Morgan fingerprint density at radius 1 is 1.23 bits per heavy atom. The van der Waals surface area contributed by atoms with E-state index in [4.69, 9.17) is 9.47 Å². The minimum absolute atomic E-state index is 0.196. The van der Waals surface area contributed by atoms with E-state index in [2.05, 4.69) is 20.4 Å². The fraction of sp³-hybridized carbons (Fsp3) is 0.480. The van der Waals surface area contributed by atoms with Gasteiger partial charge in [0.25, 0.3) is 0 Å². The second-order valence-corrected chi connectivity index (χ2v) is 9.70. The third-order valence-electron chi connectivity index (χ3n) is 7.48. The van der Waals surface area contributed by atoms with E-state index in [1.165, 1.54) is 17.8 Å². The lowest BCUT2D eigenvalue weighted by Gasteiger charge is -2.46. The van der Waals surface area contributed by atoms with Gasteiger partial charge in [0.05, 0.1) is 49.7 Å². The Balaban J connectivity index is 1.36. The van der Waals surface area contributed by atoms with Gasteiger partial charge in [-0.1, -0.05) is 6.07 Å². The lowest BCUT2D eigenvalue weighted by Crippen LogP contribution is -2.47. The van der Waals surface area contributed by atoms with Crippen molar-refractivity contribution >= 4 is 22.5 Å². The molecule has 4 aromatic rings. The Bertz CT molecular complexity index is 1400. The van der Waals surface area contributed by atoms with Gasteiger partial charge in [0.2, 0.25) is 11.8 Å². The minimum atomic E-state index is -0.507. The van der Waals surface area contributed by atoms with Crippen LogP contribution in [0.5, 0.6) is 5.88 Å². The highest BCUT2D eigenvalue weighted by atomic mass is 19.1. The molecule has 1 saturated heterocycles. The third-order valence-corrected chi connectivity index (χ3v) is 7.48. The molecular formula is C25H28F2N6O2. The van der Waals surface area contributed by atoms with Crippen molar-refractivity contribution in [3.63, 3.8) is 0 Å². The van der Waals surface area contributed by atoms with E-state index < -0.39 is 12.5 Å². The van der Waals surface area contributed by atoms with Gasteiger partial charge in [-0.25, -0.2) is 18.3 Å². The topological polar surface area (TPSA) is 78.5 Å². The summed E-state index contributed by atoms with van der Waals surface area (Å²) < 4.78 is 42.7. The summed E-state index contributed by atoms with van der Waals surface area (Å²) in [6.45, 7) is 3.25. The lowest BCUT2D eigenvalue weighted by atomic mass is 9.71. The van der Waals surface area contributed by atoms with E-state index in [9.17, 15) is 4.39 Å². The molecule has 1 aromatic carbocycles. The average molecular weight is 483 g/mol. The Morgan fingerprint density at radius 3 is 2.71 bits per heavy atom. The molecule has 6 rings (SSSR count). The molecule has 1 saturated carbocycles. The molecule has 1 aliphatic carbocycles. The largest absolute Gasteiger partial charge is 0.479 e. The van der Waals surface area contributed by atoms with Crippen LogP contribution < -0.4 is 10.1 Å². The van der Waals surface area contributed by atoms with Crippen LogP contribution in [0.3, 0.4) is 0 Å². The van der Waals surface area contributed by atoms with Gasteiger partial charge >= 0.3 is 0 Å². The first-order chi connectivity index (χ1) is 17.0. The van der Waals surface area contributed by atoms with E-state index in [0.717, 1.165) is 49.9 Å². The van der Waals surface area contributed by atoms with Gasteiger partial charge in [0, 0.05) is 11.5 Å². The van der Waals surface area contributed by atoms with Gasteiger partial charge in [-0.15, -0.1) is 5.10 Å². The number of aryl methyl sites for hydroxylation is 2. The SMILES string of the molecule is COc1nc(NC2CCC3(CC2)COC3)nn2cc(F)c(-c3ccc4nc(C)n(CCF)c4c3)c12. The predicted molar refractivity (Wildman–Crippen MR) is 128 cm³/mol. The van der Waals surface area contributed by atoms with Gasteiger partial charge in [-0.2, -0.15) is 4.98 Å². The number of halogens is 2. The van der Waals surface area contributed by atoms with Crippen molar-refractivity contribution < 1.29 is 18.3 Å². The molecule has 1 spiro atoms. The number of nitrogens with zero attached hydrogens (tertiary/aromatic N) is 5. The summed E-state index contributed by atoms with van der Waals surface area (Å²) in [5, 5.41) is 7.97. The fourth-order valence-electron chi connectivity index (χ4n) is 5.50. The number of methoxy groups -OCH3 is 1. The maximum absolute atomic E-state index is 15.3. The van der Waals surface area contributed by atoms with Crippen LogP contribution in [0.15, 0.2) is 24.4 Å². The molecule has 0 unspecified atom stereocenters. The molecule has 2 fully saturated rings. The van der Waals surface area contributed by atoms with Crippen LogP contribution in [-0.4, -0.2) is 57.2 Å². The number of nitrogens with one attached hydrogen (secondary N) is 1. The highest BCUT2D eigenvalue weighted by molar-refractivity contribution is 5.90. The first-order valence-electron chi connectivity index (χ1n) is 12.0. The highest BCUT2D eigenvalue weighted by Gasteiger charge is 2.41. The Labute approximate surface area is 201 Å². The second-order valence-electron chi connectivity index (χ2n) is 9.70. The normalized spacial score (nSPS) is 17.8. The zero-order chi connectivity index (χ0) is 24.2. The number of ether oxygens (including phenoxy) is 2. The van der Waals surface area contributed by atoms with E-state index in [-0.39, 0.29) is 18.5 Å². The summed E-state index contributed by atoms with van der Waals surface area (Å²) in [7, 11) is 1.52. The number of benzene rings is 1. The molecule has 184 valence electrons. The van der Waals surface area contributed by atoms with Gasteiger partial charge < -0.3 is 19.4 Å². The summed E-state index contributed by atoms with van der Waals surface area (Å²) in [5.74, 6) is 0.975. The summed E-state index contributed by atoms with van der Waals surface area (Å²) in [5.41, 5.74) is 3.25. The number of hydrogen-bond acceptors (Lipinski definition) is 6. The minimum Gasteiger partial charge on any atom is -0.479 e. The monoisotopic (exact) mass is 482 g/mol. The zero-order valence-electron chi connectivity index (χ0n) is 19.9. The number of anilines is 1. The van der Waals surface area contributed by atoms with Crippen molar-refractivity contribution in [1.29, 1.82) is 0 Å². The first-order valence-corrected chi connectivity index (χ1v) is 12.0. The molecule has 0 bridgehead atoms. The lowest BCUT2D eigenvalue weighted by molar-refractivity contribution is -0.131. The highest BCUT2D eigenvalue weighted by Crippen LogP contribution is 2.43. The molecule has 0 amide bonds. The molecule has 1 aliphatic heterocycles. The molecule has 4 heterocycles. The number of imidazole rings is 1. The van der Waals surface area contributed by atoms with Crippen molar-refractivity contribution in [1.82, 2.24) is 24.1 Å². The van der Waals surface area contributed by atoms with Crippen LogP contribution in [-0.2, 0) is 11.3 Å². The molecule has 3 aromatic heterocycles. The van der Waals surface area contributed by atoms with Gasteiger partial charge in [-0.3, -0.25) is 0 Å². The Morgan fingerprint density at radius 2 is 2.03 bits per heavy atom. The van der Waals surface area contributed by atoms with E-state index in [1.807, 2.05) is 19.1 Å². The van der Waals surface area contributed by atoms with Crippen molar-refractivity contribution in [3.05, 3.63) is 36.0 Å². The van der Waals surface area contributed by atoms with Crippen LogP contribution in [0.1, 0.15) is 31.5 Å². The number of alkyl halides is 1. The summed E-state index contributed by atoms with van der Waals surface area (Å²) in [4.78, 5) is 9.06. The molecule has 0 radical (unpaired) electrons. The summed E-state index contributed by atoms with van der Waals surface area (Å²) in [6.07, 6.45) is 5.62. The van der Waals surface area contributed by atoms with Crippen molar-refractivity contribution in [3.8, 4) is 17.0 Å². The third kappa shape index (κ3) is 3.71. The van der Waals surface area contributed by atoms with Crippen molar-refractivity contribution in [2.24, 2.45) is 5.41 Å². The van der Waals surface area contributed by atoms with Crippen LogP contribution in [0.4, 0.5) is 14.7 Å². The Kier molecular flexibility index (Phi) is 5.36. The molecule has 0 atom stereocenters. The Hall–Kier alpha value is -3.27. The molecular weight excluding hydrogens is 454 g/mol. The number of hydrogen-bond donors (Lipinski definition) is 1. The van der Waals surface area contributed by atoms with Gasteiger partial charge in [-0.05, 0) is 50.3 Å². The standard InChI is InChI=1S/C25H28F2N6O2/c1-15-28-19-4-3-16(11-20(19)32(15)10-9-26)21-18(27)12-33-22(21)23(34-2)30-24(31-33)29-17-5-7-25(8-6-17)13-35-14-25/h3-4,11-12,17H,5-10,13-14H2,1-2H3,(H,29,31). The maximum Gasteiger partial charge on any atom is 0.244 e. The predicted octanol–water partition coefficient (Wildman–Crippen LogP) is 4.54. The first kappa shape index (κ1) is 22.2. The van der Waals surface area contributed by atoms with Crippen LogP contribution in [0, 0.1) is 18.2 Å². The number of aromatic nitrogens is 5. The van der Waals surface area contributed by atoms with Crippen molar-refractivity contribution in [2.45, 2.75) is 45.2 Å². The molecule has 1 N–H and O–H groups in total. The van der Waals surface area contributed by atoms with Gasteiger partial charge in [0.15, 0.2) is 5.82 Å². The zero-order valence-corrected chi connectivity index (χ0v) is 19.9. The molecule has 35 heavy (non-hydrogen) atoms. The smallest absolute Gasteiger partial charge is 0.244 e. The number of rotatable bonds is 6. The quantitative estimate of drug-likeness (QED) is 0.435. The number of fused-ring (bicyclic) bond motifs is 2. The van der Waals surface area contributed by atoms with E-state index in [0.29, 0.717) is 33.8 Å². The fourth-order valence-corrected chi connectivity index (χ4v) is 5.50. The second kappa shape index (κ2) is 8.44. The van der Waals surface area contributed by atoms with Crippen LogP contribution in [0.25, 0.3) is 27.7 Å². The molecule has 10 heteroatoms. The average Bonchev–Trinajstić information content (AvgIpc) is 3.33. The molecule has 8 nitrogen and oxygen atoms in total. The van der Waals surface area contributed by atoms with Crippen LogP contribution >= 0.6 is 0 Å².